The molecule has 4 aromatic heterocycles. The first kappa shape index (κ1) is 24.7. The highest BCUT2D eigenvalue weighted by Crippen LogP contribution is 2.35. The molecular weight excluding hydrogens is 520 g/mol. The molecule has 0 bridgehead atoms. The fourth-order valence-electron chi connectivity index (χ4n) is 5.03. The number of fused-ring (bicyclic) bond motifs is 2. The number of pyridine rings is 2. The topological polar surface area (TPSA) is 95.2 Å². The summed E-state index contributed by atoms with van der Waals surface area (Å²) in [7, 11) is 0. The van der Waals surface area contributed by atoms with Crippen LogP contribution < -0.4 is 5.32 Å². The maximum atomic E-state index is 16.2. The van der Waals surface area contributed by atoms with Crippen LogP contribution in [0.5, 0.6) is 0 Å². The Labute approximate surface area is 233 Å². The van der Waals surface area contributed by atoms with Gasteiger partial charge in [-0.05, 0) is 53.1 Å². The van der Waals surface area contributed by atoms with Crippen LogP contribution in [0.3, 0.4) is 0 Å². The quantitative estimate of drug-likeness (QED) is 0.206. The number of hydrogen-bond donors (Lipinski definition) is 3. The minimum atomic E-state index is -0.422. The Balaban J connectivity index is 1.23. The smallest absolute Gasteiger partial charge is 0.161 e. The van der Waals surface area contributed by atoms with Crippen LogP contribution in [0.25, 0.3) is 55.8 Å². The first-order chi connectivity index (χ1) is 20.1. The number of halogens is 2. The van der Waals surface area contributed by atoms with Gasteiger partial charge in [-0.1, -0.05) is 42.5 Å². The molecule has 3 N–H and O–H groups in total. The number of rotatable bonds is 7. The molecule has 7 rings (SSSR count). The molecule has 0 saturated carbocycles. The van der Waals surface area contributed by atoms with Gasteiger partial charge in [0.15, 0.2) is 11.5 Å². The summed E-state index contributed by atoms with van der Waals surface area (Å²) in [5.41, 5.74) is 6.78. The van der Waals surface area contributed by atoms with E-state index in [1.165, 1.54) is 17.7 Å². The first-order valence-corrected chi connectivity index (χ1v) is 13.1. The van der Waals surface area contributed by atoms with Gasteiger partial charge in [0.05, 0.1) is 10.9 Å². The van der Waals surface area contributed by atoms with E-state index >= 15 is 4.39 Å². The molecule has 200 valence electrons. The predicted molar refractivity (Wildman–Crippen MR) is 155 cm³/mol. The van der Waals surface area contributed by atoms with Crippen LogP contribution in [0.2, 0.25) is 0 Å². The minimum absolute atomic E-state index is 0.317. The molecule has 0 atom stereocenters. The molecule has 9 heteroatoms. The van der Waals surface area contributed by atoms with Crippen LogP contribution in [0.15, 0.2) is 97.5 Å². The van der Waals surface area contributed by atoms with Crippen molar-refractivity contribution in [3.63, 3.8) is 0 Å². The molecule has 7 nitrogen and oxygen atoms in total. The van der Waals surface area contributed by atoms with E-state index in [1.54, 1.807) is 42.9 Å². The first-order valence-electron chi connectivity index (χ1n) is 13.1. The van der Waals surface area contributed by atoms with Gasteiger partial charge in [-0.2, -0.15) is 5.10 Å². The van der Waals surface area contributed by atoms with E-state index in [1.807, 2.05) is 30.3 Å². The Kier molecular flexibility index (Phi) is 6.25. The Hall–Kier alpha value is -5.28. The number of nitrogens with one attached hydrogen (secondary N) is 3. The van der Waals surface area contributed by atoms with Gasteiger partial charge >= 0.3 is 0 Å². The van der Waals surface area contributed by atoms with E-state index in [0.29, 0.717) is 51.3 Å². The molecule has 0 radical (unpaired) electrons. The van der Waals surface area contributed by atoms with Gasteiger partial charge < -0.3 is 10.3 Å². The molecule has 0 amide bonds. The number of imidazole rings is 1. The van der Waals surface area contributed by atoms with Gasteiger partial charge in [0.1, 0.15) is 22.8 Å². The lowest BCUT2D eigenvalue weighted by Gasteiger charge is -2.09. The molecule has 0 fully saturated rings. The van der Waals surface area contributed by atoms with Crippen LogP contribution in [-0.2, 0) is 13.1 Å². The van der Waals surface area contributed by atoms with Crippen molar-refractivity contribution in [1.29, 1.82) is 0 Å². The highest BCUT2D eigenvalue weighted by molar-refractivity contribution is 5.98. The van der Waals surface area contributed by atoms with Crippen molar-refractivity contribution in [3.8, 4) is 33.8 Å². The third kappa shape index (κ3) is 4.72. The largest absolute Gasteiger partial charge is 0.321 e. The Bertz CT molecular complexity index is 2000. The summed E-state index contributed by atoms with van der Waals surface area (Å²) in [6, 6.07) is 23.6. The van der Waals surface area contributed by atoms with Crippen LogP contribution in [0.1, 0.15) is 11.1 Å². The summed E-state index contributed by atoms with van der Waals surface area (Å²) in [6.07, 6.45) is 5.09. The van der Waals surface area contributed by atoms with Crippen LogP contribution in [0.4, 0.5) is 8.78 Å². The number of aromatic amines is 2. The van der Waals surface area contributed by atoms with Gasteiger partial charge in [0.25, 0.3) is 0 Å². The average molecular weight is 544 g/mol. The second kappa shape index (κ2) is 10.4. The second-order valence-corrected chi connectivity index (χ2v) is 9.74. The van der Waals surface area contributed by atoms with Crippen LogP contribution in [0, 0.1) is 11.6 Å². The number of aromatic nitrogens is 6. The molecule has 0 aliphatic carbocycles. The van der Waals surface area contributed by atoms with Crippen molar-refractivity contribution in [2.75, 3.05) is 0 Å². The van der Waals surface area contributed by atoms with Gasteiger partial charge in [-0.25, -0.2) is 18.7 Å². The molecule has 4 heterocycles. The lowest BCUT2D eigenvalue weighted by atomic mass is 10.0. The van der Waals surface area contributed by atoms with E-state index in [-0.39, 0.29) is 5.82 Å². The molecule has 0 aliphatic rings. The summed E-state index contributed by atoms with van der Waals surface area (Å²) in [5.74, 6) is -0.365. The summed E-state index contributed by atoms with van der Waals surface area (Å²) in [6.45, 7) is 1.32. The fourth-order valence-corrected chi connectivity index (χ4v) is 5.03. The Morgan fingerprint density at radius 3 is 2.46 bits per heavy atom. The second-order valence-electron chi connectivity index (χ2n) is 9.74. The van der Waals surface area contributed by atoms with Crippen molar-refractivity contribution in [2.24, 2.45) is 0 Å². The normalized spacial score (nSPS) is 11.5. The van der Waals surface area contributed by atoms with Gasteiger partial charge in [0, 0.05) is 48.4 Å². The summed E-state index contributed by atoms with van der Waals surface area (Å²) in [4.78, 5) is 16.7. The zero-order chi connectivity index (χ0) is 27.8. The van der Waals surface area contributed by atoms with E-state index in [4.69, 9.17) is 4.98 Å². The van der Waals surface area contributed by atoms with E-state index < -0.39 is 5.82 Å². The Morgan fingerprint density at radius 1 is 0.780 bits per heavy atom. The number of hydrogen-bond acceptors (Lipinski definition) is 5. The molecule has 0 aliphatic heterocycles. The monoisotopic (exact) mass is 543 g/mol. The predicted octanol–water partition coefficient (Wildman–Crippen LogP) is 6.80. The fraction of sp³-hybridized carbons (Fsp3) is 0.0625. The molecule has 0 unspecified atom stereocenters. The van der Waals surface area contributed by atoms with Crippen molar-refractivity contribution in [2.45, 2.75) is 13.1 Å². The van der Waals surface area contributed by atoms with Crippen LogP contribution >= 0.6 is 0 Å². The third-order valence-corrected chi connectivity index (χ3v) is 7.04. The minimum Gasteiger partial charge on any atom is -0.321 e. The zero-order valence-electron chi connectivity index (χ0n) is 21.7. The standard InChI is InChI=1S/C32H23F2N7/c33-23-8-6-21(7-9-23)25-12-13-37-31-29(25)38-32(39-31)30-27-26(40-41-30)11-10-24(28(27)34)22-14-20(17-36-18-22)16-35-15-19-4-2-1-3-5-19/h1-14,17-18,35H,15-16H2,(H,40,41)(H,37,38,39). The van der Waals surface area contributed by atoms with Gasteiger partial charge in [-0.15, -0.1) is 0 Å². The zero-order valence-corrected chi connectivity index (χ0v) is 21.7. The molecule has 7 aromatic rings. The summed E-state index contributed by atoms with van der Waals surface area (Å²) < 4.78 is 29.7. The SMILES string of the molecule is Fc1ccc(-c2ccnc3[nH]c(-c4n[nH]c5ccc(-c6cncc(CNCc7ccccc7)c6)c(F)c45)nc23)cc1. The molecule has 0 spiro atoms. The molecule has 3 aromatic carbocycles. The lowest BCUT2D eigenvalue weighted by Crippen LogP contribution is -2.12. The van der Waals surface area contributed by atoms with Gasteiger partial charge in [-0.3, -0.25) is 10.1 Å². The molecular formula is C32H23F2N7. The van der Waals surface area contributed by atoms with E-state index in [0.717, 1.165) is 23.2 Å². The Morgan fingerprint density at radius 2 is 1.61 bits per heavy atom. The van der Waals surface area contributed by atoms with E-state index in [9.17, 15) is 4.39 Å². The number of H-pyrrole nitrogens is 2. The van der Waals surface area contributed by atoms with Crippen molar-refractivity contribution in [1.82, 2.24) is 35.5 Å². The van der Waals surface area contributed by atoms with Crippen molar-refractivity contribution in [3.05, 3.63) is 120 Å². The lowest BCUT2D eigenvalue weighted by molar-refractivity contribution is 0.628. The highest BCUT2D eigenvalue weighted by Gasteiger charge is 2.21. The number of nitrogens with zero attached hydrogens (tertiary/aromatic N) is 4. The van der Waals surface area contributed by atoms with Crippen molar-refractivity contribution < 1.29 is 8.78 Å². The van der Waals surface area contributed by atoms with Crippen molar-refractivity contribution >= 4 is 22.1 Å². The third-order valence-electron chi connectivity index (χ3n) is 7.04. The summed E-state index contributed by atoms with van der Waals surface area (Å²) >= 11 is 0. The number of benzene rings is 3. The maximum absolute atomic E-state index is 16.2. The average Bonchev–Trinajstić information content (AvgIpc) is 3.63. The highest BCUT2D eigenvalue weighted by atomic mass is 19.1. The van der Waals surface area contributed by atoms with E-state index in [2.05, 4.69) is 42.6 Å². The van der Waals surface area contributed by atoms with Crippen LogP contribution in [-0.4, -0.2) is 30.1 Å². The summed E-state index contributed by atoms with van der Waals surface area (Å²) in [5, 5.41) is 11.0. The molecule has 41 heavy (non-hydrogen) atoms. The van der Waals surface area contributed by atoms with Gasteiger partial charge in [0.2, 0.25) is 0 Å². The molecule has 0 saturated heterocycles. The maximum Gasteiger partial charge on any atom is 0.161 e.